The van der Waals surface area contributed by atoms with Gasteiger partial charge in [0, 0.05) is 18.3 Å². The van der Waals surface area contributed by atoms with Crippen LogP contribution in [0.25, 0.3) is 0 Å². The van der Waals surface area contributed by atoms with Crippen LogP contribution in [0, 0.1) is 5.92 Å². The van der Waals surface area contributed by atoms with Crippen LogP contribution in [-0.2, 0) is 9.22 Å². The van der Waals surface area contributed by atoms with Crippen LogP contribution in [0.5, 0.6) is 0 Å². The largest absolute Gasteiger partial charge is 0.418 e. The van der Waals surface area contributed by atoms with Crippen LogP contribution in [0.15, 0.2) is 0 Å². The van der Waals surface area contributed by atoms with Crippen LogP contribution >= 0.6 is 11.8 Å². The Balaban J connectivity index is 3.50. The van der Waals surface area contributed by atoms with Gasteiger partial charge in [0.1, 0.15) is 0 Å². The van der Waals surface area contributed by atoms with Crippen LogP contribution < -0.4 is 5.73 Å². The topological polar surface area (TPSA) is 52.3 Å². The molecule has 1 unspecified atom stereocenters. The molecular formula is C11H25NO2SSi. The minimum absolute atomic E-state index is 0.0119. The lowest BCUT2D eigenvalue weighted by atomic mass is 10.2. The fourth-order valence-corrected chi connectivity index (χ4v) is 4.65. The van der Waals surface area contributed by atoms with E-state index in [1.54, 1.807) is 0 Å². The van der Waals surface area contributed by atoms with Crippen molar-refractivity contribution in [1.29, 1.82) is 0 Å². The third-order valence-electron chi connectivity index (χ3n) is 2.46. The Labute approximate surface area is 105 Å². The summed E-state index contributed by atoms with van der Waals surface area (Å²) in [5.41, 5.74) is 5.19. The van der Waals surface area contributed by atoms with E-state index in [1.165, 1.54) is 12.5 Å². The van der Waals surface area contributed by atoms with Gasteiger partial charge in [-0.05, 0) is 38.2 Å². The minimum Gasteiger partial charge on any atom is -0.418 e. The molecule has 96 valence electrons. The fraction of sp³-hybridized carbons (Fsp3) is 0.909. The first kappa shape index (κ1) is 16.0. The first-order valence-corrected chi connectivity index (χ1v) is 10.2. The molecule has 0 saturated heterocycles. The van der Waals surface area contributed by atoms with Crippen molar-refractivity contribution in [3.63, 3.8) is 0 Å². The van der Waals surface area contributed by atoms with Gasteiger partial charge in [-0.15, -0.1) is 0 Å². The lowest BCUT2D eigenvalue weighted by Gasteiger charge is -2.21. The third-order valence-corrected chi connectivity index (χ3v) is 6.40. The zero-order valence-corrected chi connectivity index (χ0v) is 12.7. The van der Waals surface area contributed by atoms with Crippen molar-refractivity contribution in [2.75, 3.05) is 18.1 Å². The summed E-state index contributed by atoms with van der Waals surface area (Å²) in [5.74, 6) is 1.73. The highest BCUT2D eigenvalue weighted by molar-refractivity contribution is 7.99. The normalized spacial score (nSPS) is 13.8. The second-order valence-electron chi connectivity index (χ2n) is 4.67. The van der Waals surface area contributed by atoms with Gasteiger partial charge in [0.25, 0.3) is 0 Å². The predicted octanol–water partition coefficient (Wildman–Crippen LogP) is 2.47. The van der Waals surface area contributed by atoms with Crippen LogP contribution in [0.4, 0.5) is 0 Å². The second-order valence-corrected chi connectivity index (χ2v) is 10.1. The van der Waals surface area contributed by atoms with Gasteiger partial charge in [-0.3, -0.25) is 4.79 Å². The highest BCUT2D eigenvalue weighted by atomic mass is 32.2. The molecular weight excluding hydrogens is 238 g/mol. The van der Waals surface area contributed by atoms with Crippen molar-refractivity contribution in [1.82, 2.24) is 0 Å². The molecule has 0 radical (unpaired) electrons. The Hall–Kier alpha value is -0.00312. The minimum atomic E-state index is -1.41. The van der Waals surface area contributed by atoms with Crippen LogP contribution in [0.1, 0.15) is 20.3 Å². The van der Waals surface area contributed by atoms with Crippen molar-refractivity contribution in [2.45, 2.75) is 39.4 Å². The van der Waals surface area contributed by atoms with E-state index in [0.29, 0.717) is 0 Å². The number of nitrogens with two attached hydrogens (primary N) is 1. The zero-order valence-electron chi connectivity index (χ0n) is 10.9. The standard InChI is InChI=1S/C11H25NO2SSi/c1-5-14-16(3,4)8-6-7-15-9-10(2)11(12)13/h10H,5-9H2,1-4H3,(H2,12,13). The molecule has 0 aliphatic carbocycles. The number of hydrogen-bond donors (Lipinski definition) is 1. The van der Waals surface area contributed by atoms with Gasteiger partial charge >= 0.3 is 0 Å². The first-order chi connectivity index (χ1) is 7.39. The zero-order chi connectivity index (χ0) is 12.6. The molecule has 0 aliphatic heterocycles. The van der Waals surface area contributed by atoms with Crippen molar-refractivity contribution in [2.24, 2.45) is 11.7 Å². The highest BCUT2D eigenvalue weighted by Crippen LogP contribution is 2.17. The van der Waals surface area contributed by atoms with E-state index >= 15 is 0 Å². The maximum absolute atomic E-state index is 10.8. The van der Waals surface area contributed by atoms with E-state index in [0.717, 1.165) is 18.1 Å². The van der Waals surface area contributed by atoms with Gasteiger partial charge in [-0.1, -0.05) is 6.92 Å². The second kappa shape index (κ2) is 8.14. The lowest BCUT2D eigenvalue weighted by Crippen LogP contribution is -2.30. The van der Waals surface area contributed by atoms with E-state index in [1.807, 2.05) is 18.7 Å². The average molecular weight is 263 g/mol. The van der Waals surface area contributed by atoms with Crippen molar-refractivity contribution >= 4 is 26.0 Å². The maximum Gasteiger partial charge on any atom is 0.221 e. The molecule has 1 atom stereocenters. The van der Waals surface area contributed by atoms with E-state index < -0.39 is 8.32 Å². The van der Waals surface area contributed by atoms with Gasteiger partial charge in [-0.25, -0.2) is 0 Å². The molecule has 5 heteroatoms. The molecule has 16 heavy (non-hydrogen) atoms. The third kappa shape index (κ3) is 8.18. The molecule has 0 fully saturated rings. The van der Waals surface area contributed by atoms with E-state index in [2.05, 4.69) is 20.0 Å². The Bertz CT molecular complexity index is 212. The van der Waals surface area contributed by atoms with Crippen LogP contribution in [0.3, 0.4) is 0 Å². The first-order valence-electron chi connectivity index (χ1n) is 5.90. The van der Waals surface area contributed by atoms with Gasteiger partial charge in [0.15, 0.2) is 8.32 Å². The van der Waals surface area contributed by atoms with E-state index in [4.69, 9.17) is 10.2 Å². The van der Waals surface area contributed by atoms with E-state index in [9.17, 15) is 4.79 Å². The Morgan fingerprint density at radius 3 is 2.62 bits per heavy atom. The van der Waals surface area contributed by atoms with Gasteiger partial charge < -0.3 is 10.2 Å². The SMILES string of the molecule is CCO[Si](C)(C)CCCSCC(C)C(N)=O. The Kier molecular flexibility index (Phi) is 8.14. The summed E-state index contributed by atoms with van der Waals surface area (Å²) in [6.07, 6.45) is 1.18. The number of thioether (sulfide) groups is 1. The molecule has 1 amide bonds. The van der Waals surface area contributed by atoms with E-state index in [-0.39, 0.29) is 11.8 Å². The predicted molar refractivity (Wildman–Crippen MR) is 74.2 cm³/mol. The molecule has 0 saturated carbocycles. The molecule has 0 aromatic rings. The summed E-state index contributed by atoms with van der Waals surface area (Å²) in [4.78, 5) is 10.8. The molecule has 0 aliphatic rings. The van der Waals surface area contributed by atoms with Crippen molar-refractivity contribution < 1.29 is 9.22 Å². The number of primary amides is 1. The number of amides is 1. The molecule has 0 aromatic carbocycles. The number of carbonyl (C=O) groups excluding carboxylic acids is 1. The summed E-state index contributed by atoms with van der Waals surface area (Å²) in [5, 5.41) is 0. The van der Waals surface area contributed by atoms with Crippen molar-refractivity contribution in [3.05, 3.63) is 0 Å². The molecule has 0 aromatic heterocycles. The summed E-state index contributed by atoms with van der Waals surface area (Å²) < 4.78 is 5.75. The lowest BCUT2D eigenvalue weighted by molar-refractivity contribution is -0.120. The smallest absolute Gasteiger partial charge is 0.221 e. The summed E-state index contributed by atoms with van der Waals surface area (Å²) >= 11 is 1.81. The van der Waals surface area contributed by atoms with Gasteiger partial charge in [0.2, 0.25) is 5.91 Å². The fourth-order valence-electron chi connectivity index (χ4n) is 1.41. The maximum atomic E-state index is 10.8. The Morgan fingerprint density at radius 1 is 1.50 bits per heavy atom. The Morgan fingerprint density at radius 2 is 2.12 bits per heavy atom. The summed E-state index contributed by atoms with van der Waals surface area (Å²) in [6, 6.07) is 1.19. The van der Waals surface area contributed by atoms with Gasteiger partial charge in [-0.2, -0.15) is 11.8 Å². The molecule has 0 spiro atoms. The number of rotatable bonds is 9. The average Bonchev–Trinajstić information content (AvgIpc) is 2.16. The van der Waals surface area contributed by atoms with Gasteiger partial charge in [0.05, 0.1) is 0 Å². The van der Waals surface area contributed by atoms with Crippen LogP contribution in [0.2, 0.25) is 19.1 Å². The number of carbonyl (C=O) groups is 1. The monoisotopic (exact) mass is 263 g/mol. The molecule has 0 bridgehead atoms. The highest BCUT2D eigenvalue weighted by Gasteiger charge is 2.20. The summed E-state index contributed by atoms with van der Waals surface area (Å²) in [6.45, 7) is 9.28. The molecule has 0 heterocycles. The molecule has 3 nitrogen and oxygen atoms in total. The summed E-state index contributed by atoms with van der Waals surface area (Å²) in [7, 11) is -1.41. The number of hydrogen-bond acceptors (Lipinski definition) is 3. The van der Waals surface area contributed by atoms with Crippen LogP contribution in [-0.4, -0.2) is 32.3 Å². The molecule has 0 rings (SSSR count). The van der Waals surface area contributed by atoms with Crippen molar-refractivity contribution in [3.8, 4) is 0 Å². The molecule has 2 N–H and O–H groups in total. The quantitative estimate of drug-likeness (QED) is 0.513.